The molecule has 0 aliphatic carbocycles. The molecule has 0 atom stereocenters. The van der Waals surface area contributed by atoms with Crippen molar-refractivity contribution in [3.63, 3.8) is 0 Å². The molecule has 0 amide bonds. The summed E-state index contributed by atoms with van der Waals surface area (Å²) in [6.07, 6.45) is 2.87. The Morgan fingerprint density at radius 3 is 1.59 bits per heavy atom. The van der Waals surface area contributed by atoms with Crippen LogP contribution in [0.2, 0.25) is 22.5 Å². The molecule has 0 rings (SSSR count). The first-order valence-corrected chi connectivity index (χ1v) is 16.3. The maximum atomic E-state index is 3.82. The van der Waals surface area contributed by atoms with E-state index in [-0.39, 0.29) is 5.41 Å². The maximum absolute atomic E-state index is 3.82. The molecule has 0 spiro atoms. The Kier molecular flexibility index (Phi) is 8.38. The molecular weight excluding hydrogens is 370 g/mol. The second-order valence-electron chi connectivity index (χ2n) is 9.09. The third-order valence-corrected chi connectivity index (χ3v) is 10.6. The van der Waals surface area contributed by atoms with Crippen LogP contribution in [0, 0.1) is 22.6 Å². The summed E-state index contributed by atoms with van der Waals surface area (Å²) in [4.78, 5) is 5.09. The Hall–Kier alpha value is 0.164. The summed E-state index contributed by atoms with van der Waals surface area (Å²) in [6, 6.07) is 0. The van der Waals surface area contributed by atoms with Gasteiger partial charge in [0.1, 0.15) is 0 Å². The molecule has 0 heterocycles. The summed E-state index contributed by atoms with van der Waals surface area (Å²) in [5, 5.41) is 0. The van der Waals surface area contributed by atoms with Crippen LogP contribution in [-0.4, -0.2) is 25.9 Å². The van der Waals surface area contributed by atoms with Gasteiger partial charge in [-0.05, 0) is 0 Å². The number of hydrogen-bond acceptors (Lipinski definition) is 0. The van der Waals surface area contributed by atoms with E-state index in [1.54, 1.807) is 5.47 Å². The van der Waals surface area contributed by atoms with E-state index in [9.17, 15) is 0 Å². The molecule has 0 aromatic rings. The van der Waals surface area contributed by atoms with Crippen LogP contribution in [0.5, 0.6) is 0 Å². The average Bonchev–Trinajstić information content (AvgIpc) is 2.35. The van der Waals surface area contributed by atoms with E-state index < -0.39 is 25.9 Å². The number of hydrogen-bond donors (Lipinski definition) is 0. The third kappa shape index (κ3) is 5.99. The first-order chi connectivity index (χ1) is 9.84. The molecule has 0 aromatic carbocycles. The van der Waals surface area contributed by atoms with Crippen LogP contribution in [0.4, 0.5) is 0 Å². The van der Waals surface area contributed by atoms with Crippen LogP contribution in [0.1, 0.15) is 68.7 Å². The summed E-state index contributed by atoms with van der Waals surface area (Å²) in [6.45, 7) is 21.0. The van der Waals surface area contributed by atoms with Crippen LogP contribution in [0.3, 0.4) is 0 Å². The molecular formula is C20H39BSn. The molecule has 0 aliphatic heterocycles. The standard InChI is InChI=1S/C18H33B.2CH3.Sn/c1-10-16(15-18(7,8)9)19(11-2,12-3)14-13-17(4,5)6;;;/h10-12H2,1-9H3;2*1H3;/q-1;;;+1. The Morgan fingerprint density at radius 1 is 0.909 bits per heavy atom. The van der Waals surface area contributed by atoms with Crippen molar-refractivity contribution >= 4 is 25.9 Å². The van der Waals surface area contributed by atoms with Crippen molar-refractivity contribution in [2.75, 3.05) is 0 Å². The zero-order valence-corrected chi connectivity index (χ0v) is 20.1. The molecule has 0 radical (unpaired) electrons. The molecule has 2 heteroatoms. The molecule has 0 N–H and O–H groups in total. The van der Waals surface area contributed by atoms with Crippen LogP contribution < -0.4 is 0 Å². The van der Waals surface area contributed by atoms with Gasteiger partial charge in [-0.25, -0.2) is 0 Å². The predicted octanol–water partition coefficient (Wildman–Crippen LogP) is 6.65. The van der Waals surface area contributed by atoms with Crippen molar-refractivity contribution in [3.8, 4) is 11.7 Å². The molecule has 0 nitrogen and oxygen atoms in total. The van der Waals surface area contributed by atoms with Gasteiger partial charge in [-0.3, -0.25) is 0 Å². The summed E-state index contributed by atoms with van der Waals surface area (Å²) >= 11 is -1.45. The minimum atomic E-state index is -1.45. The van der Waals surface area contributed by atoms with Crippen LogP contribution in [0.15, 0.2) is 9.06 Å². The molecule has 0 aromatic heterocycles. The second-order valence-corrected chi connectivity index (χ2v) is 16.2. The Bertz CT molecular complexity index is 443. The Morgan fingerprint density at radius 2 is 1.36 bits per heavy atom. The van der Waals surface area contributed by atoms with Crippen molar-refractivity contribution in [2.45, 2.75) is 91.3 Å². The molecule has 0 saturated carbocycles. The fourth-order valence-electron chi connectivity index (χ4n) is 3.82. The van der Waals surface area contributed by atoms with Gasteiger partial charge >= 0.3 is 149 Å². The molecule has 0 bridgehead atoms. The quantitative estimate of drug-likeness (QED) is 0.353. The fraction of sp³-hybridized carbons (Fsp3) is 0.800. The zero-order valence-electron chi connectivity index (χ0n) is 17.2. The van der Waals surface area contributed by atoms with Gasteiger partial charge < -0.3 is 0 Å². The predicted molar refractivity (Wildman–Crippen MR) is 108 cm³/mol. The number of allylic oxidation sites excluding steroid dienone is 2. The molecule has 0 unspecified atom stereocenters. The van der Waals surface area contributed by atoms with E-state index in [4.69, 9.17) is 0 Å². The topological polar surface area (TPSA) is 0 Å². The molecule has 0 saturated heterocycles. The van der Waals surface area contributed by atoms with E-state index in [1.807, 2.05) is 3.59 Å². The van der Waals surface area contributed by atoms with Gasteiger partial charge in [0.15, 0.2) is 0 Å². The van der Waals surface area contributed by atoms with E-state index in [0.29, 0.717) is 5.41 Å². The summed E-state index contributed by atoms with van der Waals surface area (Å²) in [7, 11) is 0. The van der Waals surface area contributed by atoms with Crippen molar-refractivity contribution < 1.29 is 0 Å². The average molecular weight is 409 g/mol. The Balaban J connectivity index is 6.46. The van der Waals surface area contributed by atoms with Gasteiger partial charge in [0, 0.05) is 0 Å². The normalized spacial score (nSPS) is 14.1. The molecule has 0 aliphatic rings. The molecule has 126 valence electrons. The first-order valence-electron chi connectivity index (χ1n) is 9.12. The van der Waals surface area contributed by atoms with Crippen molar-refractivity contribution in [2.24, 2.45) is 10.8 Å². The summed E-state index contributed by atoms with van der Waals surface area (Å²) < 4.78 is 1.84. The van der Waals surface area contributed by atoms with Crippen LogP contribution in [0.25, 0.3) is 0 Å². The van der Waals surface area contributed by atoms with Crippen LogP contribution in [-0.2, 0) is 0 Å². The van der Waals surface area contributed by atoms with Crippen molar-refractivity contribution in [1.29, 1.82) is 0 Å². The second kappa shape index (κ2) is 8.32. The van der Waals surface area contributed by atoms with E-state index in [0.717, 1.165) is 0 Å². The SMILES string of the molecule is CC/C(=[C](/[Sn+]([CH3])[CH3])C(C)(C)C)[B-](C#CC(C)(C)C)(CC)CC. The zero-order chi connectivity index (χ0) is 17.8. The summed E-state index contributed by atoms with van der Waals surface area (Å²) in [5.41, 5.74) is 2.15. The minimum absolute atomic E-state index is 0.0953. The van der Waals surface area contributed by atoms with Gasteiger partial charge in [0.25, 0.3) is 0 Å². The van der Waals surface area contributed by atoms with Gasteiger partial charge in [0.05, 0.1) is 0 Å². The van der Waals surface area contributed by atoms with Crippen molar-refractivity contribution in [1.82, 2.24) is 0 Å². The molecule has 22 heavy (non-hydrogen) atoms. The van der Waals surface area contributed by atoms with Crippen molar-refractivity contribution in [3.05, 3.63) is 9.06 Å². The van der Waals surface area contributed by atoms with Gasteiger partial charge in [-0.2, -0.15) is 0 Å². The van der Waals surface area contributed by atoms with Crippen LogP contribution >= 0.6 is 0 Å². The number of rotatable bonds is 5. The molecule has 0 fully saturated rings. The van der Waals surface area contributed by atoms with E-state index in [2.05, 4.69) is 83.9 Å². The van der Waals surface area contributed by atoms with E-state index >= 15 is 0 Å². The van der Waals surface area contributed by atoms with E-state index in [1.165, 1.54) is 19.1 Å². The summed E-state index contributed by atoms with van der Waals surface area (Å²) in [5.74, 6) is 7.41. The Labute approximate surface area is 148 Å². The third-order valence-electron chi connectivity index (χ3n) is 4.74. The van der Waals surface area contributed by atoms with Gasteiger partial charge in [-0.1, -0.05) is 0 Å². The first kappa shape index (κ1) is 22.2. The van der Waals surface area contributed by atoms with Gasteiger partial charge in [-0.15, -0.1) is 0 Å². The monoisotopic (exact) mass is 410 g/mol. The van der Waals surface area contributed by atoms with Gasteiger partial charge in [0.2, 0.25) is 0 Å². The fourth-order valence-corrected chi connectivity index (χ4v) is 11.2.